The first-order valence-electron chi connectivity index (χ1n) is 3.36. The van der Waals surface area contributed by atoms with E-state index < -0.39 is 0 Å². The minimum Gasteiger partial charge on any atom is -0.429 e. The summed E-state index contributed by atoms with van der Waals surface area (Å²) in [5.74, 6) is 0.709. The summed E-state index contributed by atoms with van der Waals surface area (Å²) in [6.45, 7) is 7.65. The Bertz CT molecular complexity index is 207. The van der Waals surface area contributed by atoms with Crippen LogP contribution in [0, 0.1) is 5.41 Å². The molecule has 0 aliphatic carbocycles. The highest BCUT2D eigenvalue weighted by Gasteiger charge is 2.46. The SMILES string of the molecule is CC(C)=C1OC(=O)C1(C)C. The van der Waals surface area contributed by atoms with Gasteiger partial charge in [-0.2, -0.15) is 0 Å². The van der Waals surface area contributed by atoms with E-state index in [0.29, 0.717) is 0 Å². The lowest BCUT2D eigenvalue weighted by Crippen LogP contribution is -2.41. The van der Waals surface area contributed by atoms with E-state index in [1.165, 1.54) is 0 Å². The van der Waals surface area contributed by atoms with E-state index in [1.54, 1.807) is 0 Å². The van der Waals surface area contributed by atoms with Crippen molar-refractivity contribution in [1.29, 1.82) is 0 Å². The van der Waals surface area contributed by atoms with Crippen LogP contribution in [-0.2, 0) is 9.53 Å². The Morgan fingerprint density at radius 2 is 1.90 bits per heavy atom. The number of cyclic esters (lactones) is 1. The molecule has 0 saturated carbocycles. The fraction of sp³-hybridized carbons (Fsp3) is 0.625. The molecular formula is C8H12O2. The van der Waals surface area contributed by atoms with Crippen molar-refractivity contribution in [2.45, 2.75) is 27.7 Å². The first-order chi connectivity index (χ1) is 4.46. The lowest BCUT2D eigenvalue weighted by molar-refractivity contribution is -0.166. The summed E-state index contributed by atoms with van der Waals surface area (Å²) >= 11 is 0. The van der Waals surface area contributed by atoms with Crippen LogP contribution in [0.1, 0.15) is 27.7 Å². The number of hydrogen-bond acceptors (Lipinski definition) is 2. The largest absolute Gasteiger partial charge is 0.429 e. The van der Waals surface area contributed by atoms with Gasteiger partial charge in [-0.3, -0.25) is 4.79 Å². The number of carbonyl (C=O) groups is 1. The van der Waals surface area contributed by atoms with Crippen LogP contribution in [0.2, 0.25) is 0 Å². The first-order valence-corrected chi connectivity index (χ1v) is 3.36. The van der Waals surface area contributed by atoms with Crippen molar-refractivity contribution < 1.29 is 9.53 Å². The number of carbonyl (C=O) groups excluding carboxylic acids is 1. The van der Waals surface area contributed by atoms with Gasteiger partial charge in [0.25, 0.3) is 0 Å². The summed E-state index contributed by atoms with van der Waals surface area (Å²) in [6, 6.07) is 0. The average Bonchev–Trinajstić information content (AvgIpc) is 1.82. The molecule has 0 aromatic rings. The quantitative estimate of drug-likeness (QED) is 0.480. The monoisotopic (exact) mass is 140 g/mol. The minimum atomic E-state index is -0.362. The van der Waals surface area contributed by atoms with Gasteiger partial charge in [0.1, 0.15) is 11.2 Å². The Kier molecular flexibility index (Phi) is 1.35. The second-order valence-electron chi connectivity index (χ2n) is 3.34. The van der Waals surface area contributed by atoms with E-state index in [1.807, 2.05) is 27.7 Å². The van der Waals surface area contributed by atoms with E-state index in [-0.39, 0.29) is 11.4 Å². The molecule has 0 unspecified atom stereocenters. The molecule has 0 N–H and O–H groups in total. The molecule has 0 radical (unpaired) electrons. The standard InChI is InChI=1S/C8H12O2/c1-5(2)6-8(3,4)7(9)10-6/h1-4H3. The smallest absolute Gasteiger partial charge is 0.324 e. The molecule has 0 spiro atoms. The van der Waals surface area contributed by atoms with E-state index in [0.717, 1.165) is 11.3 Å². The van der Waals surface area contributed by atoms with Gasteiger partial charge in [0.2, 0.25) is 0 Å². The van der Waals surface area contributed by atoms with Crippen LogP contribution < -0.4 is 0 Å². The van der Waals surface area contributed by atoms with Gasteiger partial charge in [-0.25, -0.2) is 0 Å². The third-order valence-electron chi connectivity index (χ3n) is 1.73. The molecule has 1 aliphatic heterocycles. The molecule has 1 aliphatic rings. The maximum Gasteiger partial charge on any atom is 0.324 e. The third kappa shape index (κ3) is 0.753. The van der Waals surface area contributed by atoms with Crippen LogP contribution >= 0.6 is 0 Å². The Hall–Kier alpha value is -0.790. The molecule has 56 valence electrons. The van der Waals surface area contributed by atoms with Crippen molar-refractivity contribution in [1.82, 2.24) is 0 Å². The summed E-state index contributed by atoms with van der Waals surface area (Å²) in [5, 5.41) is 0. The van der Waals surface area contributed by atoms with Gasteiger partial charge in [-0.05, 0) is 33.3 Å². The second-order valence-corrected chi connectivity index (χ2v) is 3.34. The van der Waals surface area contributed by atoms with E-state index in [4.69, 9.17) is 4.74 Å². The average molecular weight is 140 g/mol. The molecule has 1 saturated heterocycles. The topological polar surface area (TPSA) is 26.3 Å². The van der Waals surface area contributed by atoms with E-state index in [2.05, 4.69) is 0 Å². The summed E-state index contributed by atoms with van der Waals surface area (Å²) in [5.41, 5.74) is 0.725. The number of hydrogen-bond donors (Lipinski definition) is 0. The van der Waals surface area contributed by atoms with Gasteiger partial charge in [-0.1, -0.05) is 0 Å². The highest BCUT2D eigenvalue weighted by Crippen LogP contribution is 2.40. The number of allylic oxidation sites excluding steroid dienone is 1. The zero-order valence-corrected chi connectivity index (χ0v) is 6.82. The third-order valence-corrected chi connectivity index (χ3v) is 1.73. The van der Waals surface area contributed by atoms with Gasteiger partial charge < -0.3 is 4.74 Å². The zero-order valence-electron chi connectivity index (χ0n) is 6.82. The molecular weight excluding hydrogens is 128 g/mol. The summed E-state index contributed by atoms with van der Waals surface area (Å²) in [7, 11) is 0. The molecule has 1 rings (SSSR count). The van der Waals surface area contributed by atoms with Crippen LogP contribution in [0.15, 0.2) is 11.3 Å². The highest BCUT2D eigenvalue weighted by molar-refractivity contribution is 5.87. The van der Waals surface area contributed by atoms with Crippen LogP contribution in [0.3, 0.4) is 0 Å². The lowest BCUT2D eigenvalue weighted by atomic mass is 9.84. The maximum absolute atomic E-state index is 10.8. The number of ether oxygens (including phenoxy) is 1. The van der Waals surface area contributed by atoms with Crippen molar-refractivity contribution in [3.63, 3.8) is 0 Å². The molecule has 0 bridgehead atoms. The molecule has 2 heteroatoms. The molecule has 1 heterocycles. The van der Waals surface area contributed by atoms with E-state index >= 15 is 0 Å². The van der Waals surface area contributed by atoms with Gasteiger partial charge in [0.05, 0.1) is 0 Å². The van der Waals surface area contributed by atoms with Crippen LogP contribution in [0.25, 0.3) is 0 Å². The lowest BCUT2D eigenvalue weighted by Gasteiger charge is -2.35. The van der Waals surface area contributed by atoms with Crippen molar-refractivity contribution in [3.8, 4) is 0 Å². The number of rotatable bonds is 0. The van der Waals surface area contributed by atoms with Gasteiger partial charge in [0.15, 0.2) is 0 Å². The second kappa shape index (κ2) is 1.84. The Morgan fingerprint density at radius 1 is 1.40 bits per heavy atom. The number of esters is 1. The maximum atomic E-state index is 10.8. The minimum absolute atomic E-state index is 0.122. The first kappa shape index (κ1) is 7.32. The Morgan fingerprint density at radius 3 is 2.00 bits per heavy atom. The van der Waals surface area contributed by atoms with Crippen molar-refractivity contribution in [3.05, 3.63) is 11.3 Å². The van der Waals surface area contributed by atoms with Crippen LogP contribution in [0.5, 0.6) is 0 Å². The Labute approximate surface area is 60.9 Å². The zero-order chi connectivity index (χ0) is 7.94. The Balaban J connectivity index is 2.93. The van der Waals surface area contributed by atoms with Crippen molar-refractivity contribution in [2.24, 2.45) is 5.41 Å². The van der Waals surface area contributed by atoms with Crippen molar-refractivity contribution >= 4 is 5.97 Å². The molecule has 1 fully saturated rings. The summed E-state index contributed by atoms with van der Waals surface area (Å²) in [4.78, 5) is 10.8. The summed E-state index contributed by atoms with van der Waals surface area (Å²) < 4.78 is 4.86. The van der Waals surface area contributed by atoms with Gasteiger partial charge >= 0.3 is 5.97 Å². The highest BCUT2D eigenvalue weighted by atomic mass is 16.6. The predicted molar refractivity (Wildman–Crippen MR) is 38.2 cm³/mol. The predicted octanol–water partition coefficient (Wildman–Crippen LogP) is 1.86. The molecule has 0 amide bonds. The summed E-state index contributed by atoms with van der Waals surface area (Å²) in [6.07, 6.45) is 0. The van der Waals surface area contributed by atoms with Crippen LogP contribution in [0.4, 0.5) is 0 Å². The molecule has 0 aromatic heterocycles. The fourth-order valence-corrected chi connectivity index (χ4v) is 1.12. The van der Waals surface area contributed by atoms with Gasteiger partial charge in [0, 0.05) is 0 Å². The van der Waals surface area contributed by atoms with Gasteiger partial charge in [-0.15, -0.1) is 0 Å². The fourth-order valence-electron chi connectivity index (χ4n) is 1.12. The van der Waals surface area contributed by atoms with E-state index in [9.17, 15) is 4.79 Å². The molecule has 0 atom stereocenters. The normalized spacial score (nSPS) is 21.6. The van der Waals surface area contributed by atoms with Crippen molar-refractivity contribution in [2.75, 3.05) is 0 Å². The molecule has 2 nitrogen and oxygen atoms in total. The molecule has 0 aromatic carbocycles. The molecule has 10 heavy (non-hydrogen) atoms. The van der Waals surface area contributed by atoms with Crippen LogP contribution in [-0.4, -0.2) is 5.97 Å².